The molecule has 3 aromatic heterocycles. The molecule has 12 heteroatoms. The minimum absolute atomic E-state index is 0.0522. The fourth-order valence-corrected chi connectivity index (χ4v) is 7.49. The second-order valence-electron chi connectivity index (χ2n) is 14.3. The normalized spacial score (nSPS) is 23.3. The number of carbonyl (C=O) groups is 3. The molecule has 2 unspecified atom stereocenters. The molecule has 2 bridgehead atoms. The molecule has 12 nitrogen and oxygen atoms in total. The number of fused-ring (bicyclic) bond motifs is 3. The molecule has 0 radical (unpaired) electrons. The average molecular weight is 656 g/mol. The van der Waals surface area contributed by atoms with Gasteiger partial charge in [-0.05, 0) is 56.5 Å². The minimum atomic E-state index is -0.432. The number of ether oxygens (including phenoxy) is 2. The first-order chi connectivity index (χ1) is 23.0. The van der Waals surface area contributed by atoms with Gasteiger partial charge in [-0.25, -0.2) is 14.8 Å². The quantitative estimate of drug-likeness (QED) is 0.305. The molecule has 3 aliphatic rings. The molecular formula is C36H45N7O5. The standard InChI is InChI=1S/C36H45N7O5/c1-21-25-11-10-22-17-28(43(31(22)38-25)14-9-7-6-8-13-36(2,3)34(45)37-21)32-39-26-16-24(18-29(47-5)30(26)41(32)4)33(44)42-15-12-23-20-48-35(46)40-27(23)19-42/h10-11,16-18,21,23,27H,6-9,12-15,19-20H2,1-5H3,(H,37,45)(H,40,46)/t21-,23?,27?/m1/s1. The van der Waals surface area contributed by atoms with Gasteiger partial charge in [0.2, 0.25) is 5.91 Å². The predicted molar refractivity (Wildman–Crippen MR) is 182 cm³/mol. The maximum atomic E-state index is 13.8. The SMILES string of the molecule is COc1cc(C(=O)N2CCC3COC(=O)NC3C2)cc2nc(-c3cc4ccc5nc4n3CCCCCCC(C)(C)C(=O)N[C@@H]5C)n(C)c12. The van der Waals surface area contributed by atoms with Crippen LogP contribution in [0.5, 0.6) is 5.75 Å². The van der Waals surface area contributed by atoms with Crippen LogP contribution in [0.4, 0.5) is 4.79 Å². The van der Waals surface area contributed by atoms with Crippen LogP contribution in [0.1, 0.15) is 81.4 Å². The van der Waals surface area contributed by atoms with Crippen molar-refractivity contribution in [3.63, 3.8) is 0 Å². The molecular weight excluding hydrogens is 610 g/mol. The number of piperidine rings is 1. The lowest BCUT2D eigenvalue weighted by Gasteiger charge is -2.40. The maximum absolute atomic E-state index is 13.8. The van der Waals surface area contributed by atoms with Gasteiger partial charge < -0.3 is 34.1 Å². The van der Waals surface area contributed by atoms with Gasteiger partial charge in [-0.15, -0.1) is 0 Å². The molecule has 1 aromatic carbocycles. The summed E-state index contributed by atoms with van der Waals surface area (Å²) in [6.07, 6.45) is 5.24. The Morgan fingerprint density at radius 3 is 2.67 bits per heavy atom. The number of pyridine rings is 1. The van der Waals surface area contributed by atoms with Crippen molar-refractivity contribution in [2.45, 2.75) is 77.9 Å². The highest BCUT2D eigenvalue weighted by Gasteiger charge is 2.37. The summed E-state index contributed by atoms with van der Waals surface area (Å²) in [7, 11) is 3.58. The highest BCUT2D eigenvalue weighted by molar-refractivity contribution is 6.00. The Labute approximate surface area is 280 Å². The molecule has 0 spiro atoms. The van der Waals surface area contributed by atoms with Gasteiger partial charge in [0, 0.05) is 49.0 Å². The van der Waals surface area contributed by atoms with E-state index in [1.807, 2.05) is 44.5 Å². The number of hydrogen-bond acceptors (Lipinski definition) is 7. The number of alkyl carbamates (subject to hydrolysis) is 1. The van der Waals surface area contributed by atoms with Crippen molar-refractivity contribution in [1.29, 1.82) is 0 Å². The summed E-state index contributed by atoms with van der Waals surface area (Å²) in [5.74, 6) is 1.45. The van der Waals surface area contributed by atoms with Crippen LogP contribution < -0.4 is 15.4 Å². The van der Waals surface area contributed by atoms with Gasteiger partial charge in [-0.1, -0.05) is 33.1 Å². The van der Waals surface area contributed by atoms with Gasteiger partial charge in [-0.2, -0.15) is 0 Å². The van der Waals surface area contributed by atoms with Crippen LogP contribution in [0.15, 0.2) is 30.3 Å². The maximum Gasteiger partial charge on any atom is 0.407 e. The fourth-order valence-electron chi connectivity index (χ4n) is 7.49. The zero-order valence-electron chi connectivity index (χ0n) is 28.5. The van der Waals surface area contributed by atoms with E-state index in [0.29, 0.717) is 36.5 Å². The highest BCUT2D eigenvalue weighted by Crippen LogP contribution is 2.36. The number of carbonyl (C=O) groups excluding carboxylic acids is 3. The Kier molecular flexibility index (Phi) is 8.29. The summed E-state index contributed by atoms with van der Waals surface area (Å²) in [6.45, 7) is 8.22. The third-order valence-corrected chi connectivity index (χ3v) is 10.5. The molecule has 0 saturated carbocycles. The first kappa shape index (κ1) is 32.0. The molecule has 2 fully saturated rings. The molecule has 254 valence electrons. The van der Waals surface area contributed by atoms with Crippen molar-refractivity contribution in [1.82, 2.24) is 34.6 Å². The number of hydrogen-bond donors (Lipinski definition) is 2. The van der Waals surface area contributed by atoms with Crippen molar-refractivity contribution in [3.8, 4) is 17.3 Å². The summed E-state index contributed by atoms with van der Waals surface area (Å²) >= 11 is 0. The molecule has 3 amide bonds. The van der Waals surface area contributed by atoms with E-state index in [4.69, 9.17) is 19.4 Å². The van der Waals surface area contributed by atoms with Crippen LogP contribution in [0.3, 0.4) is 0 Å². The largest absolute Gasteiger partial charge is 0.494 e. The summed E-state index contributed by atoms with van der Waals surface area (Å²) in [4.78, 5) is 50.8. The summed E-state index contributed by atoms with van der Waals surface area (Å²) in [5, 5.41) is 7.08. The molecule has 3 atom stereocenters. The molecule has 2 saturated heterocycles. The first-order valence-corrected chi connectivity index (χ1v) is 17.1. The molecule has 3 aliphatic heterocycles. The Morgan fingerprint density at radius 2 is 1.85 bits per heavy atom. The molecule has 7 rings (SSSR count). The van der Waals surface area contributed by atoms with Crippen LogP contribution in [0.25, 0.3) is 33.6 Å². The van der Waals surface area contributed by atoms with E-state index in [-0.39, 0.29) is 29.8 Å². The fraction of sp³-hybridized carbons (Fsp3) is 0.528. The third kappa shape index (κ3) is 5.75. The third-order valence-electron chi connectivity index (χ3n) is 10.5. The van der Waals surface area contributed by atoms with E-state index in [1.54, 1.807) is 18.1 Å². The molecule has 4 aromatic rings. The van der Waals surface area contributed by atoms with Gasteiger partial charge in [-0.3, -0.25) is 9.59 Å². The van der Waals surface area contributed by atoms with Gasteiger partial charge >= 0.3 is 6.09 Å². The van der Waals surface area contributed by atoms with Crippen molar-refractivity contribution < 1.29 is 23.9 Å². The molecule has 0 aliphatic carbocycles. The second-order valence-corrected chi connectivity index (χ2v) is 14.3. The van der Waals surface area contributed by atoms with E-state index < -0.39 is 11.5 Å². The van der Waals surface area contributed by atoms with E-state index in [0.717, 1.165) is 78.8 Å². The van der Waals surface area contributed by atoms with Crippen molar-refractivity contribution in [2.24, 2.45) is 18.4 Å². The number of benzene rings is 1. The zero-order chi connectivity index (χ0) is 33.7. The lowest BCUT2D eigenvalue weighted by molar-refractivity contribution is -0.130. The predicted octanol–water partition coefficient (Wildman–Crippen LogP) is 5.34. The minimum Gasteiger partial charge on any atom is -0.494 e. The van der Waals surface area contributed by atoms with Gasteiger partial charge in [0.05, 0.1) is 42.7 Å². The Morgan fingerprint density at radius 1 is 1.04 bits per heavy atom. The lowest BCUT2D eigenvalue weighted by atomic mass is 9.85. The lowest BCUT2D eigenvalue weighted by Crippen LogP contribution is -2.58. The number of nitrogens with zero attached hydrogens (tertiary/aromatic N) is 5. The van der Waals surface area contributed by atoms with E-state index in [1.165, 1.54) is 0 Å². The number of nitrogens with one attached hydrogen (secondary N) is 2. The van der Waals surface area contributed by atoms with Crippen LogP contribution in [0, 0.1) is 11.3 Å². The number of amides is 3. The zero-order valence-corrected chi connectivity index (χ0v) is 28.5. The Bertz CT molecular complexity index is 1910. The van der Waals surface area contributed by atoms with E-state index >= 15 is 0 Å². The summed E-state index contributed by atoms with van der Waals surface area (Å²) in [5.41, 5.74) is 4.13. The number of rotatable bonds is 3. The Balaban J connectivity index is 1.26. The molecule has 48 heavy (non-hydrogen) atoms. The number of aromatic nitrogens is 4. The van der Waals surface area contributed by atoms with Crippen molar-refractivity contribution >= 4 is 40.0 Å². The smallest absolute Gasteiger partial charge is 0.407 e. The van der Waals surface area contributed by atoms with Gasteiger partial charge in [0.1, 0.15) is 16.9 Å². The van der Waals surface area contributed by atoms with Crippen LogP contribution in [-0.4, -0.2) is 74.8 Å². The summed E-state index contributed by atoms with van der Waals surface area (Å²) in [6, 6.07) is 9.46. The first-order valence-electron chi connectivity index (χ1n) is 17.1. The highest BCUT2D eigenvalue weighted by atomic mass is 16.6. The van der Waals surface area contributed by atoms with Crippen LogP contribution in [0.2, 0.25) is 0 Å². The number of imidazole rings is 1. The summed E-state index contributed by atoms with van der Waals surface area (Å²) < 4.78 is 15.3. The van der Waals surface area contributed by atoms with Gasteiger partial charge in [0.25, 0.3) is 5.91 Å². The second kappa shape index (κ2) is 12.4. The molecule has 6 heterocycles. The molecule has 2 N–H and O–H groups in total. The van der Waals surface area contributed by atoms with E-state index in [9.17, 15) is 14.4 Å². The number of likely N-dealkylation sites (tertiary alicyclic amines) is 1. The average Bonchev–Trinajstić information content (AvgIpc) is 3.60. The van der Waals surface area contributed by atoms with Gasteiger partial charge in [0.15, 0.2) is 5.82 Å². The number of aryl methyl sites for hydroxylation is 2. The van der Waals surface area contributed by atoms with E-state index in [2.05, 4.69) is 27.3 Å². The topological polar surface area (TPSA) is 133 Å². The van der Waals surface area contributed by atoms with Crippen LogP contribution in [-0.2, 0) is 23.1 Å². The number of methoxy groups -OCH3 is 1. The monoisotopic (exact) mass is 655 g/mol. The number of cyclic esters (lactones) is 1. The van der Waals surface area contributed by atoms with Crippen molar-refractivity contribution in [3.05, 3.63) is 41.6 Å². The van der Waals surface area contributed by atoms with Crippen LogP contribution >= 0.6 is 0 Å². The Hall–Kier alpha value is -4.61. The van der Waals surface area contributed by atoms with Crippen molar-refractivity contribution in [2.75, 3.05) is 26.8 Å².